The average molecular weight is 1010 g/mol. The molecule has 0 radical (unpaired) electrons. The number of carbonyl (C=O) groups is 2. The summed E-state index contributed by atoms with van der Waals surface area (Å²) in [4.78, 5) is 24.9. The van der Waals surface area contributed by atoms with Crippen molar-refractivity contribution in [2.45, 2.75) is 48.8 Å². The van der Waals surface area contributed by atoms with Gasteiger partial charge in [0.05, 0.1) is 50.1 Å². The van der Waals surface area contributed by atoms with Crippen LogP contribution in [0.15, 0.2) is 101 Å². The molecule has 0 fully saturated rings. The monoisotopic (exact) mass is 1000 g/mol. The molecule has 0 aliphatic rings. The van der Waals surface area contributed by atoms with E-state index >= 15 is 0 Å². The van der Waals surface area contributed by atoms with Crippen molar-refractivity contribution in [2.75, 3.05) is 18.6 Å². The number of primary sulfonamides is 2. The molecule has 352 valence electrons. The molecule has 2 aromatic heterocycles. The van der Waals surface area contributed by atoms with Crippen LogP contribution in [0, 0.1) is 13.8 Å². The summed E-state index contributed by atoms with van der Waals surface area (Å²) in [5, 5.41) is 22.1. The number of aromatic nitrogens is 2. The smallest absolute Gasteiger partial charge is 0.396 e. The van der Waals surface area contributed by atoms with E-state index in [1.165, 1.54) is 89.7 Å². The molecule has 0 aliphatic carbocycles. The molecule has 66 heavy (non-hydrogen) atoms. The molecule has 6 rings (SSSR count). The van der Waals surface area contributed by atoms with Crippen molar-refractivity contribution in [1.82, 2.24) is 9.13 Å². The lowest BCUT2D eigenvalue weighted by molar-refractivity contribution is -0.138. The summed E-state index contributed by atoms with van der Waals surface area (Å²) in [5.74, 6) is -1.57. The van der Waals surface area contributed by atoms with E-state index in [0.29, 0.717) is 5.56 Å². The SMILES string of the molecule is Cc1c(C(=O)Nc2ccc(S(N)(=O)=O)cc2)cc(CCF)n1-c1ccc(Cl)cc1C(F)(F)F.Cc1c(C(N)=O)c(-c2ccc(S(N)(=O)=O)cc2)c(CCO)n1-c1ccc(Cl)cc1C(F)(F)F. The fraction of sp³-hybridized carbons (Fsp3) is 0.190. The number of aryl methyl sites for hydroxylation is 1. The van der Waals surface area contributed by atoms with Gasteiger partial charge in [0.15, 0.2) is 0 Å². The molecule has 0 saturated heterocycles. The molecule has 0 aliphatic heterocycles. The van der Waals surface area contributed by atoms with Crippen molar-refractivity contribution < 1.29 is 62.3 Å². The average Bonchev–Trinajstić information content (AvgIpc) is 3.69. The van der Waals surface area contributed by atoms with Gasteiger partial charge in [-0.15, -0.1) is 0 Å². The second-order valence-electron chi connectivity index (χ2n) is 14.3. The van der Waals surface area contributed by atoms with E-state index in [4.69, 9.17) is 39.2 Å². The summed E-state index contributed by atoms with van der Waals surface area (Å²) in [7, 11) is -7.91. The molecule has 0 atom stereocenters. The standard InChI is InChI=1S/C21H18ClF4N3O3S.C21H19ClF3N3O4S/c1-12-17(20(30)28-14-3-5-16(6-4-14)33(27,31)32)11-15(8-9-23)29(12)19-7-2-13(22)10-18(19)21(24,25)26;1-11-18(20(26)30)19(12-2-5-14(6-3-12)33(27,31)32)17(8-9-29)28(11)16-7-4-13(22)10-15(16)21(23,24)25/h2-7,10-11H,8-9H2,1H3,(H,28,30)(H2,27,31,32);2-7,10,29H,8-9H2,1H3,(H2,26,30)(H2,27,31,32). The highest BCUT2D eigenvalue weighted by Crippen LogP contribution is 2.42. The molecule has 6 aromatic rings. The van der Waals surface area contributed by atoms with Crippen molar-refractivity contribution in [1.29, 1.82) is 0 Å². The summed E-state index contributed by atoms with van der Waals surface area (Å²) in [6.07, 6.45) is -9.85. The van der Waals surface area contributed by atoms with Gasteiger partial charge in [0.2, 0.25) is 20.0 Å². The fourth-order valence-corrected chi connectivity index (χ4v) is 8.52. The number of nitrogens with zero attached hydrogens (tertiary/aromatic N) is 2. The van der Waals surface area contributed by atoms with Crippen molar-refractivity contribution in [3.8, 4) is 22.5 Å². The summed E-state index contributed by atoms with van der Waals surface area (Å²) >= 11 is 11.6. The highest BCUT2D eigenvalue weighted by Gasteiger charge is 2.37. The van der Waals surface area contributed by atoms with Crippen LogP contribution in [-0.2, 0) is 45.2 Å². The third-order valence-corrected chi connectivity index (χ3v) is 12.3. The number of carbonyl (C=O) groups excluding carboxylic acids is 2. The third-order valence-electron chi connectivity index (χ3n) is 9.94. The summed E-state index contributed by atoms with van der Waals surface area (Å²) < 4.78 is 144. The van der Waals surface area contributed by atoms with E-state index in [-0.39, 0.29) is 89.2 Å². The molecule has 2 heterocycles. The maximum absolute atomic E-state index is 13.8. The molecule has 0 spiro atoms. The second kappa shape index (κ2) is 19.6. The topological polar surface area (TPSA) is 223 Å². The highest BCUT2D eigenvalue weighted by molar-refractivity contribution is 7.89. The van der Waals surface area contributed by atoms with Crippen molar-refractivity contribution in [2.24, 2.45) is 16.0 Å². The number of aliphatic hydroxyl groups is 1. The number of aliphatic hydroxyl groups excluding tert-OH is 1. The lowest BCUT2D eigenvalue weighted by atomic mass is 9.98. The van der Waals surface area contributed by atoms with Gasteiger partial charge in [0.25, 0.3) is 11.8 Å². The van der Waals surface area contributed by atoms with Crippen LogP contribution in [-0.4, -0.2) is 56.2 Å². The minimum absolute atomic E-state index is 0.0250. The van der Waals surface area contributed by atoms with Gasteiger partial charge in [-0.05, 0) is 98.3 Å². The van der Waals surface area contributed by atoms with Crippen LogP contribution in [0.3, 0.4) is 0 Å². The van der Waals surface area contributed by atoms with Gasteiger partial charge < -0.3 is 25.3 Å². The Morgan fingerprint density at radius 3 is 1.59 bits per heavy atom. The van der Waals surface area contributed by atoms with E-state index in [0.717, 1.165) is 24.3 Å². The van der Waals surface area contributed by atoms with Gasteiger partial charge in [-0.2, -0.15) is 26.3 Å². The zero-order valence-electron chi connectivity index (χ0n) is 34.2. The van der Waals surface area contributed by atoms with Crippen LogP contribution >= 0.6 is 23.2 Å². The van der Waals surface area contributed by atoms with Gasteiger partial charge in [-0.3, -0.25) is 14.0 Å². The largest absolute Gasteiger partial charge is 0.418 e. The van der Waals surface area contributed by atoms with Gasteiger partial charge in [-0.25, -0.2) is 27.1 Å². The predicted molar refractivity (Wildman–Crippen MR) is 233 cm³/mol. The second-order valence-corrected chi connectivity index (χ2v) is 18.3. The van der Waals surface area contributed by atoms with Crippen molar-refractivity contribution in [3.63, 3.8) is 0 Å². The first-order chi connectivity index (χ1) is 30.6. The zero-order chi connectivity index (χ0) is 49.3. The van der Waals surface area contributed by atoms with Crippen LogP contribution in [0.1, 0.15) is 54.6 Å². The van der Waals surface area contributed by atoms with Gasteiger partial charge in [0.1, 0.15) is 0 Å². The number of sulfonamides is 2. The Bertz CT molecular complexity index is 3050. The summed E-state index contributed by atoms with van der Waals surface area (Å²) in [6.45, 7) is 1.57. The number of halogens is 9. The van der Waals surface area contributed by atoms with Crippen LogP contribution in [0.5, 0.6) is 0 Å². The number of hydrogen-bond donors (Lipinski definition) is 5. The molecule has 0 bridgehead atoms. The number of rotatable bonds is 12. The van der Waals surface area contributed by atoms with Crippen LogP contribution in [0.2, 0.25) is 10.0 Å². The van der Waals surface area contributed by atoms with E-state index in [1.54, 1.807) is 0 Å². The number of nitrogens with two attached hydrogens (primary N) is 3. The molecule has 0 unspecified atom stereocenters. The molecule has 0 saturated carbocycles. The number of hydrogen-bond acceptors (Lipinski definition) is 7. The molecular weight excluding hydrogens is 969 g/mol. The first kappa shape index (κ1) is 51.2. The maximum atomic E-state index is 13.8. The molecule has 4 aromatic carbocycles. The predicted octanol–water partition coefficient (Wildman–Crippen LogP) is 8.28. The highest BCUT2D eigenvalue weighted by atomic mass is 35.5. The Morgan fingerprint density at radius 1 is 0.697 bits per heavy atom. The van der Waals surface area contributed by atoms with Gasteiger partial charge in [-0.1, -0.05) is 35.3 Å². The van der Waals surface area contributed by atoms with Crippen LogP contribution in [0.4, 0.5) is 36.4 Å². The quantitative estimate of drug-likeness (QED) is 0.0754. The van der Waals surface area contributed by atoms with Crippen LogP contribution < -0.4 is 21.3 Å². The van der Waals surface area contributed by atoms with E-state index in [2.05, 4.69) is 5.32 Å². The Kier molecular flexibility index (Phi) is 15.2. The van der Waals surface area contributed by atoms with Crippen molar-refractivity contribution >= 4 is 60.8 Å². The van der Waals surface area contributed by atoms with E-state index in [9.17, 15) is 62.3 Å². The Labute approximate surface area is 382 Å². The van der Waals surface area contributed by atoms with Gasteiger partial charge >= 0.3 is 12.4 Å². The Hall–Kier alpha value is -5.75. The Balaban J connectivity index is 0.000000247. The lowest BCUT2D eigenvalue weighted by Gasteiger charge is -2.18. The number of primary amides is 1. The lowest BCUT2D eigenvalue weighted by Crippen LogP contribution is -2.15. The zero-order valence-corrected chi connectivity index (χ0v) is 37.4. The fourth-order valence-electron chi connectivity index (χ4n) is 7.15. The minimum Gasteiger partial charge on any atom is -0.396 e. The molecular formula is C42H37Cl2F7N6O7S2. The molecule has 24 heteroatoms. The van der Waals surface area contributed by atoms with E-state index in [1.807, 2.05) is 0 Å². The summed E-state index contributed by atoms with van der Waals surface area (Å²) in [6, 6.07) is 17.9. The molecule has 2 amide bonds. The van der Waals surface area contributed by atoms with Gasteiger partial charge in [0, 0.05) is 63.5 Å². The maximum Gasteiger partial charge on any atom is 0.418 e. The third kappa shape index (κ3) is 11.3. The first-order valence-corrected chi connectivity index (χ1v) is 22.7. The summed E-state index contributed by atoms with van der Waals surface area (Å²) in [5.41, 5.74) is 4.22. The first-order valence-electron chi connectivity index (χ1n) is 18.8. The van der Waals surface area contributed by atoms with Crippen LogP contribution in [0.25, 0.3) is 22.5 Å². The number of benzene rings is 4. The van der Waals surface area contributed by atoms with E-state index < -0.39 is 68.6 Å². The Morgan fingerprint density at radius 2 is 1.17 bits per heavy atom. The number of amides is 2. The number of nitrogens with one attached hydrogen (secondary N) is 1. The normalized spacial score (nSPS) is 12.2. The number of anilines is 1. The molecule has 13 nitrogen and oxygen atoms in total. The number of alkyl halides is 7. The molecule has 8 N–H and O–H groups in total. The minimum atomic E-state index is -4.77. The van der Waals surface area contributed by atoms with Crippen molar-refractivity contribution in [3.05, 3.63) is 146 Å².